The molecule has 1 rings (SSSR count). The van der Waals surface area contributed by atoms with Gasteiger partial charge in [0.2, 0.25) is 0 Å². The summed E-state index contributed by atoms with van der Waals surface area (Å²) < 4.78 is 4.54. The first-order valence-electron chi connectivity index (χ1n) is 4.99. The second-order valence-corrected chi connectivity index (χ2v) is 3.54. The summed E-state index contributed by atoms with van der Waals surface area (Å²) in [4.78, 5) is 11.0. The van der Waals surface area contributed by atoms with Gasteiger partial charge in [-0.25, -0.2) is 4.79 Å². The minimum atomic E-state index is -0.403. The van der Waals surface area contributed by atoms with Crippen molar-refractivity contribution in [2.24, 2.45) is 5.73 Å². The van der Waals surface area contributed by atoms with E-state index < -0.39 is 6.09 Å². The normalized spacial score (nSPS) is 29.9. The fourth-order valence-corrected chi connectivity index (χ4v) is 1.58. The van der Waals surface area contributed by atoms with Crippen LogP contribution in [-0.4, -0.2) is 25.3 Å². The van der Waals surface area contributed by atoms with Gasteiger partial charge in [-0.2, -0.15) is 0 Å². The van der Waals surface area contributed by atoms with Crippen LogP contribution in [0.2, 0.25) is 0 Å². The molecule has 0 aromatic heterocycles. The molecule has 3 N–H and O–H groups in total. The highest BCUT2D eigenvalue weighted by Crippen LogP contribution is 2.11. The molecule has 0 fully saturated rings. The van der Waals surface area contributed by atoms with Crippen LogP contribution in [0, 0.1) is 0 Å². The van der Waals surface area contributed by atoms with Crippen LogP contribution in [0.25, 0.3) is 0 Å². The van der Waals surface area contributed by atoms with E-state index in [0.717, 1.165) is 25.7 Å². The lowest BCUT2D eigenvalue weighted by atomic mass is 9.97. The number of alkyl carbamates (subject to hydrolysis) is 1. The molecule has 0 saturated heterocycles. The van der Waals surface area contributed by atoms with Crippen LogP contribution in [0.4, 0.5) is 4.79 Å². The average Bonchev–Trinajstić information content (AvgIpc) is 2.17. The van der Waals surface area contributed by atoms with Gasteiger partial charge in [-0.15, -0.1) is 0 Å². The molecular formula is C10H18N2O2. The highest BCUT2D eigenvalue weighted by molar-refractivity contribution is 5.67. The first kappa shape index (κ1) is 11.0. The molecule has 0 spiro atoms. The third kappa shape index (κ3) is 3.38. The number of amides is 1. The Morgan fingerprint density at radius 2 is 2.36 bits per heavy atom. The number of carbonyl (C=O) groups is 1. The maximum absolute atomic E-state index is 11.0. The van der Waals surface area contributed by atoms with Gasteiger partial charge in [-0.05, 0) is 25.7 Å². The van der Waals surface area contributed by atoms with Crippen molar-refractivity contribution in [2.45, 2.75) is 37.8 Å². The van der Waals surface area contributed by atoms with Gasteiger partial charge in [-0.1, -0.05) is 12.2 Å². The number of hydrogen-bond acceptors (Lipinski definition) is 3. The number of allylic oxidation sites excluding steroid dienone is 1. The van der Waals surface area contributed by atoms with E-state index in [1.54, 1.807) is 0 Å². The maximum Gasteiger partial charge on any atom is 0.407 e. The van der Waals surface area contributed by atoms with Crippen LogP contribution < -0.4 is 11.1 Å². The molecule has 0 saturated carbocycles. The molecule has 1 aliphatic carbocycles. The molecule has 0 aromatic rings. The number of rotatable bonds is 1. The molecule has 80 valence electrons. The van der Waals surface area contributed by atoms with E-state index in [1.165, 1.54) is 7.11 Å². The third-order valence-corrected chi connectivity index (χ3v) is 2.47. The number of nitrogens with two attached hydrogens (primary N) is 1. The maximum atomic E-state index is 11.0. The molecule has 4 nitrogen and oxygen atoms in total. The Morgan fingerprint density at radius 3 is 3.07 bits per heavy atom. The molecule has 2 atom stereocenters. The van der Waals surface area contributed by atoms with E-state index in [1.807, 2.05) is 0 Å². The monoisotopic (exact) mass is 198 g/mol. The SMILES string of the molecule is COC(=O)N[C@H]1C/C=C/CCC[C@H]1N. The Bertz CT molecular complexity index is 216. The molecular weight excluding hydrogens is 180 g/mol. The molecule has 0 aliphatic heterocycles. The molecule has 0 bridgehead atoms. The predicted molar refractivity (Wildman–Crippen MR) is 54.9 cm³/mol. The highest BCUT2D eigenvalue weighted by Gasteiger charge is 2.19. The summed E-state index contributed by atoms with van der Waals surface area (Å²) in [5.74, 6) is 0. The lowest BCUT2D eigenvalue weighted by molar-refractivity contribution is 0.164. The zero-order valence-corrected chi connectivity index (χ0v) is 8.53. The standard InChI is InChI=1S/C10H18N2O2/c1-14-10(13)12-9-7-5-3-2-4-6-8(9)11/h3,5,8-9H,2,4,6-7,11H2,1H3,(H,12,13)/b5-3+/t8-,9+/m1/s1. The zero-order valence-electron chi connectivity index (χ0n) is 8.53. The minimum Gasteiger partial charge on any atom is -0.453 e. The summed E-state index contributed by atoms with van der Waals surface area (Å²) >= 11 is 0. The largest absolute Gasteiger partial charge is 0.453 e. The number of carbonyl (C=O) groups excluding carboxylic acids is 1. The average molecular weight is 198 g/mol. The Kier molecular flexibility index (Phi) is 4.46. The van der Waals surface area contributed by atoms with Gasteiger partial charge in [0.05, 0.1) is 13.2 Å². The van der Waals surface area contributed by atoms with Crippen molar-refractivity contribution in [3.05, 3.63) is 12.2 Å². The first-order chi connectivity index (χ1) is 6.74. The van der Waals surface area contributed by atoms with Crippen LogP contribution in [0.3, 0.4) is 0 Å². The van der Waals surface area contributed by atoms with Gasteiger partial charge in [0, 0.05) is 6.04 Å². The summed E-state index contributed by atoms with van der Waals surface area (Å²) in [6.45, 7) is 0. The molecule has 14 heavy (non-hydrogen) atoms. The van der Waals surface area contributed by atoms with Crippen LogP contribution in [0.15, 0.2) is 12.2 Å². The fraction of sp³-hybridized carbons (Fsp3) is 0.700. The Morgan fingerprint density at radius 1 is 1.57 bits per heavy atom. The summed E-state index contributed by atoms with van der Waals surface area (Å²) in [6, 6.07) is 0.0260. The third-order valence-electron chi connectivity index (χ3n) is 2.47. The van der Waals surface area contributed by atoms with Gasteiger partial charge < -0.3 is 15.8 Å². The number of nitrogens with one attached hydrogen (secondary N) is 1. The van der Waals surface area contributed by atoms with Gasteiger partial charge in [0.1, 0.15) is 0 Å². The second kappa shape index (κ2) is 5.65. The van der Waals surface area contributed by atoms with Gasteiger partial charge >= 0.3 is 6.09 Å². The first-order valence-corrected chi connectivity index (χ1v) is 4.99. The van der Waals surface area contributed by atoms with Crippen molar-refractivity contribution in [2.75, 3.05) is 7.11 Å². The summed E-state index contributed by atoms with van der Waals surface area (Å²) in [5, 5.41) is 2.75. The lowest BCUT2D eigenvalue weighted by Gasteiger charge is -2.24. The Hall–Kier alpha value is -1.03. The van der Waals surface area contributed by atoms with E-state index in [9.17, 15) is 4.79 Å². The molecule has 0 unspecified atom stereocenters. The summed E-state index contributed by atoms with van der Waals surface area (Å²) in [6.07, 6.45) is 7.70. The topological polar surface area (TPSA) is 64.3 Å². The molecule has 1 aliphatic rings. The minimum absolute atomic E-state index is 0.000926. The van der Waals surface area contributed by atoms with Crippen LogP contribution >= 0.6 is 0 Å². The summed E-state index contributed by atoms with van der Waals surface area (Å²) in [5.41, 5.74) is 5.95. The van der Waals surface area contributed by atoms with Crippen molar-refractivity contribution in [1.29, 1.82) is 0 Å². The number of methoxy groups -OCH3 is 1. The highest BCUT2D eigenvalue weighted by atomic mass is 16.5. The van der Waals surface area contributed by atoms with Crippen molar-refractivity contribution in [3.8, 4) is 0 Å². The van der Waals surface area contributed by atoms with Crippen molar-refractivity contribution >= 4 is 6.09 Å². The summed E-state index contributed by atoms with van der Waals surface area (Å²) in [7, 11) is 1.36. The Labute approximate surface area is 84.5 Å². The fourth-order valence-electron chi connectivity index (χ4n) is 1.58. The van der Waals surface area contributed by atoms with Crippen LogP contribution in [0.1, 0.15) is 25.7 Å². The van der Waals surface area contributed by atoms with E-state index in [2.05, 4.69) is 22.2 Å². The van der Waals surface area contributed by atoms with Crippen LogP contribution in [0.5, 0.6) is 0 Å². The Balaban J connectivity index is 2.49. The van der Waals surface area contributed by atoms with E-state index in [0.29, 0.717) is 0 Å². The van der Waals surface area contributed by atoms with E-state index >= 15 is 0 Å². The quantitative estimate of drug-likeness (QED) is 0.621. The molecule has 1 amide bonds. The predicted octanol–water partition coefficient (Wildman–Crippen LogP) is 1.17. The van der Waals surface area contributed by atoms with Crippen molar-refractivity contribution in [1.82, 2.24) is 5.32 Å². The smallest absolute Gasteiger partial charge is 0.407 e. The molecule has 0 aromatic carbocycles. The van der Waals surface area contributed by atoms with Crippen LogP contribution in [-0.2, 0) is 4.74 Å². The lowest BCUT2D eigenvalue weighted by Crippen LogP contribution is -2.47. The molecule has 0 radical (unpaired) electrons. The van der Waals surface area contributed by atoms with Gasteiger partial charge in [0.15, 0.2) is 0 Å². The van der Waals surface area contributed by atoms with E-state index in [4.69, 9.17) is 5.73 Å². The number of ether oxygens (including phenoxy) is 1. The second-order valence-electron chi connectivity index (χ2n) is 3.54. The van der Waals surface area contributed by atoms with Crippen molar-refractivity contribution < 1.29 is 9.53 Å². The number of hydrogen-bond donors (Lipinski definition) is 2. The molecule has 4 heteroatoms. The van der Waals surface area contributed by atoms with Crippen molar-refractivity contribution in [3.63, 3.8) is 0 Å². The van der Waals surface area contributed by atoms with Gasteiger partial charge in [-0.3, -0.25) is 0 Å². The zero-order chi connectivity index (χ0) is 10.4. The van der Waals surface area contributed by atoms with Gasteiger partial charge in [0.25, 0.3) is 0 Å². The molecule has 0 heterocycles. The van der Waals surface area contributed by atoms with E-state index in [-0.39, 0.29) is 12.1 Å².